The molecule has 0 amide bonds. The maximum absolute atomic E-state index is 14.7. The van der Waals surface area contributed by atoms with Crippen molar-refractivity contribution >= 4 is 0 Å². The molecule has 1 N–H and O–H groups in total. The lowest BCUT2D eigenvalue weighted by atomic mass is 9.77. The Bertz CT molecular complexity index is 1170. The number of phenols is 1. The van der Waals surface area contributed by atoms with Gasteiger partial charge in [0, 0.05) is 12.1 Å². The summed E-state index contributed by atoms with van der Waals surface area (Å²) in [5.74, 6) is -7.51. The molecule has 0 aliphatic heterocycles. The molecule has 8 heteroatoms. The lowest BCUT2D eigenvalue weighted by molar-refractivity contribution is -0.189. The summed E-state index contributed by atoms with van der Waals surface area (Å²) in [6, 6.07) is 9.31. The Morgan fingerprint density at radius 3 is 1.89 bits per heavy atom. The van der Waals surface area contributed by atoms with Crippen LogP contribution < -0.4 is 4.74 Å². The van der Waals surface area contributed by atoms with E-state index in [9.17, 15) is 26.3 Å². The lowest BCUT2D eigenvalue weighted by Gasteiger charge is -2.28. The van der Waals surface area contributed by atoms with Crippen LogP contribution in [0.15, 0.2) is 48.5 Å². The zero-order valence-corrected chi connectivity index (χ0v) is 19.6. The van der Waals surface area contributed by atoms with E-state index in [0.29, 0.717) is 11.5 Å². The van der Waals surface area contributed by atoms with Gasteiger partial charge in [0.1, 0.15) is 22.9 Å². The van der Waals surface area contributed by atoms with E-state index in [1.54, 1.807) is 12.1 Å². The largest absolute Gasteiger partial charge is 0.503 e. The first-order chi connectivity index (χ1) is 17.1. The third-order valence-electron chi connectivity index (χ3n) is 6.83. The van der Waals surface area contributed by atoms with Crippen LogP contribution in [-0.4, -0.2) is 5.11 Å². The van der Waals surface area contributed by atoms with Crippen molar-refractivity contribution < 1.29 is 36.2 Å². The Morgan fingerprint density at radius 1 is 0.806 bits per heavy atom. The summed E-state index contributed by atoms with van der Waals surface area (Å²) < 4.78 is 89.7. The van der Waals surface area contributed by atoms with Gasteiger partial charge in [0.25, 0.3) is 0 Å². The van der Waals surface area contributed by atoms with E-state index in [-0.39, 0.29) is 17.7 Å². The number of hydrogen-bond donors (Lipinski definition) is 1. The monoisotopic (exact) mass is 508 g/mol. The Morgan fingerprint density at radius 2 is 1.36 bits per heavy atom. The van der Waals surface area contributed by atoms with E-state index in [1.807, 2.05) is 12.1 Å². The smallest absolute Gasteiger partial charge is 0.432 e. The molecule has 2 nitrogen and oxygen atoms in total. The second-order valence-electron chi connectivity index (χ2n) is 9.30. The highest BCUT2D eigenvalue weighted by Crippen LogP contribution is 2.40. The van der Waals surface area contributed by atoms with E-state index in [1.165, 1.54) is 25.7 Å². The highest BCUT2D eigenvalue weighted by Gasteiger charge is 2.41. The first-order valence-corrected chi connectivity index (χ1v) is 11.9. The van der Waals surface area contributed by atoms with Crippen LogP contribution in [0.25, 0.3) is 11.1 Å². The Labute approximate surface area is 205 Å². The highest BCUT2D eigenvalue weighted by atomic mass is 19.3. The van der Waals surface area contributed by atoms with Gasteiger partial charge in [-0.3, -0.25) is 0 Å². The van der Waals surface area contributed by atoms with Gasteiger partial charge < -0.3 is 9.84 Å². The van der Waals surface area contributed by atoms with Crippen LogP contribution in [0.4, 0.5) is 26.3 Å². The van der Waals surface area contributed by atoms with Crippen molar-refractivity contribution in [1.82, 2.24) is 0 Å². The minimum absolute atomic E-state index is 0.0597. The number of hydrogen-bond acceptors (Lipinski definition) is 2. The molecule has 3 aromatic carbocycles. The normalized spacial score (nSPS) is 18.3. The fraction of sp³-hybridized carbons (Fsp3) is 0.357. The van der Waals surface area contributed by atoms with Gasteiger partial charge in [0.2, 0.25) is 0 Å². The molecule has 0 spiro atoms. The van der Waals surface area contributed by atoms with Gasteiger partial charge in [0.15, 0.2) is 17.4 Å². The molecule has 3 aromatic rings. The number of benzene rings is 3. The number of aromatic hydroxyl groups is 1. The van der Waals surface area contributed by atoms with Crippen LogP contribution >= 0.6 is 0 Å². The number of alkyl halides is 2. The summed E-state index contributed by atoms with van der Waals surface area (Å²) in [6.45, 7) is 2.19. The van der Waals surface area contributed by atoms with E-state index in [2.05, 4.69) is 11.7 Å². The SMILES string of the molecule is CCCC1CCC(c2ccc(-c3cc(F)c(C(F)(F)Oc4cc(F)c(O)c(F)c4)c(F)c3)cc2)CC1. The van der Waals surface area contributed by atoms with Crippen LogP contribution in [-0.2, 0) is 6.11 Å². The third-order valence-corrected chi connectivity index (χ3v) is 6.83. The average molecular weight is 509 g/mol. The van der Waals surface area contributed by atoms with Crippen molar-refractivity contribution in [2.75, 3.05) is 0 Å². The fourth-order valence-corrected chi connectivity index (χ4v) is 4.96. The second kappa shape index (κ2) is 10.4. The molecular formula is C28H26F6O2. The quantitative estimate of drug-likeness (QED) is 0.323. The van der Waals surface area contributed by atoms with Crippen molar-refractivity contribution in [3.8, 4) is 22.6 Å². The second-order valence-corrected chi connectivity index (χ2v) is 9.30. The summed E-state index contributed by atoms with van der Waals surface area (Å²) in [7, 11) is 0. The van der Waals surface area contributed by atoms with Crippen LogP contribution in [0, 0.1) is 29.2 Å². The summed E-state index contributed by atoms with van der Waals surface area (Å²) >= 11 is 0. The maximum Gasteiger partial charge on any atom is 0.432 e. The summed E-state index contributed by atoms with van der Waals surface area (Å²) in [5.41, 5.74) is -0.0423. The van der Waals surface area contributed by atoms with E-state index in [0.717, 1.165) is 36.5 Å². The van der Waals surface area contributed by atoms with Gasteiger partial charge in [-0.1, -0.05) is 44.0 Å². The Balaban J connectivity index is 1.53. The number of halogens is 6. The lowest BCUT2D eigenvalue weighted by Crippen LogP contribution is -2.25. The minimum atomic E-state index is -4.58. The number of phenolic OH excluding ortho intramolecular Hbond substituents is 1. The molecule has 0 unspecified atom stereocenters. The van der Waals surface area contributed by atoms with Gasteiger partial charge in [0.05, 0.1) is 0 Å². The summed E-state index contributed by atoms with van der Waals surface area (Å²) in [5, 5.41) is 9.08. The molecule has 1 saturated carbocycles. The molecule has 192 valence electrons. The van der Waals surface area contributed by atoms with Crippen LogP contribution in [0.2, 0.25) is 0 Å². The highest BCUT2D eigenvalue weighted by molar-refractivity contribution is 5.64. The Kier molecular flexibility index (Phi) is 7.52. The van der Waals surface area contributed by atoms with Crippen molar-refractivity contribution in [3.05, 3.63) is 82.9 Å². The molecule has 4 rings (SSSR count). The summed E-state index contributed by atoms with van der Waals surface area (Å²) in [4.78, 5) is 0. The summed E-state index contributed by atoms with van der Waals surface area (Å²) in [6.07, 6.45) is 2.38. The van der Waals surface area contributed by atoms with Gasteiger partial charge >= 0.3 is 6.11 Å². The molecule has 1 fully saturated rings. The molecule has 0 heterocycles. The molecule has 36 heavy (non-hydrogen) atoms. The molecular weight excluding hydrogens is 482 g/mol. The first kappa shape index (κ1) is 25.9. The van der Waals surface area contributed by atoms with E-state index < -0.39 is 46.4 Å². The van der Waals surface area contributed by atoms with E-state index in [4.69, 9.17) is 5.11 Å². The minimum Gasteiger partial charge on any atom is -0.503 e. The Hall–Kier alpha value is -3.16. The topological polar surface area (TPSA) is 29.5 Å². The van der Waals surface area contributed by atoms with E-state index >= 15 is 0 Å². The predicted molar refractivity (Wildman–Crippen MR) is 124 cm³/mol. The number of rotatable bonds is 7. The molecule has 0 aromatic heterocycles. The average Bonchev–Trinajstić information content (AvgIpc) is 2.82. The maximum atomic E-state index is 14.7. The predicted octanol–water partition coefficient (Wildman–Crippen LogP) is 8.82. The van der Waals surface area contributed by atoms with Crippen LogP contribution in [0.5, 0.6) is 11.5 Å². The zero-order chi connectivity index (χ0) is 26.0. The van der Waals surface area contributed by atoms with Crippen LogP contribution in [0.1, 0.15) is 62.5 Å². The first-order valence-electron chi connectivity index (χ1n) is 11.9. The van der Waals surface area contributed by atoms with Crippen molar-refractivity contribution in [1.29, 1.82) is 0 Å². The van der Waals surface area contributed by atoms with Gasteiger partial charge in [-0.15, -0.1) is 0 Å². The van der Waals surface area contributed by atoms with Crippen molar-refractivity contribution in [2.45, 2.75) is 57.5 Å². The van der Waals surface area contributed by atoms with Gasteiger partial charge in [-0.2, -0.15) is 8.78 Å². The van der Waals surface area contributed by atoms with Crippen molar-refractivity contribution in [2.24, 2.45) is 5.92 Å². The molecule has 1 aliphatic rings. The fourth-order valence-electron chi connectivity index (χ4n) is 4.96. The van der Waals surface area contributed by atoms with Gasteiger partial charge in [-0.25, -0.2) is 17.6 Å². The molecule has 0 radical (unpaired) electrons. The molecule has 0 atom stereocenters. The molecule has 0 bridgehead atoms. The standard InChI is InChI=1S/C28H26F6O2/c1-2-3-16-4-6-17(7-5-16)18-8-10-19(11-9-18)20-12-22(29)26(23(30)13-20)28(33,34)36-21-14-24(31)27(35)25(32)15-21/h8-17,35H,2-7H2,1H3. The molecule has 1 aliphatic carbocycles. The zero-order valence-electron chi connectivity index (χ0n) is 19.6. The van der Waals surface area contributed by atoms with Crippen molar-refractivity contribution in [3.63, 3.8) is 0 Å². The van der Waals surface area contributed by atoms with Gasteiger partial charge in [-0.05, 0) is 66.3 Å². The van der Waals surface area contributed by atoms with Crippen LogP contribution in [0.3, 0.4) is 0 Å². The number of ether oxygens (including phenoxy) is 1. The molecule has 0 saturated heterocycles. The third kappa shape index (κ3) is 5.47.